The molecule has 5 nitrogen and oxygen atoms in total. The summed E-state index contributed by atoms with van der Waals surface area (Å²) >= 11 is 7.73. The molecule has 19 heavy (non-hydrogen) atoms. The van der Waals surface area contributed by atoms with E-state index in [0.717, 1.165) is 24.3 Å². The minimum atomic E-state index is -3.55. The molecule has 1 aromatic rings. The van der Waals surface area contributed by atoms with E-state index in [1.807, 2.05) is 0 Å². The molecule has 0 aliphatic carbocycles. The van der Waals surface area contributed by atoms with Gasteiger partial charge < -0.3 is 5.32 Å². The summed E-state index contributed by atoms with van der Waals surface area (Å²) in [5.41, 5.74) is 0. The Bertz CT molecular complexity index is 545. The molecule has 1 unspecified atom stereocenters. The van der Waals surface area contributed by atoms with Crippen molar-refractivity contribution in [3.05, 3.63) is 17.3 Å². The van der Waals surface area contributed by atoms with E-state index in [1.165, 1.54) is 12.3 Å². The molecule has 0 spiro atoms. The molecule has 0 aromatic carbocycles. The van der Waals surface area contributed by atoms with Crippen LogP contribution in [0.25, 0.3) is 0 Å². The van der Waals surface area contributed by atoms with Gasteiger partial charge in [0.1, 0.15) is 10.7 Å². The number of hydrogen-bond acceptors (Lipinski definition) is 5. The van der Waals surface area contributed by atoms with Crippen molar-refractivity contribution >= 4 is 39.2 Å². The van der Waals surface area contributed by atoms with Gasteiger partial charge >= 0.3 is 0 Å². The van der Waals surface area contributed by atoms with E-state index in [-0.39, 0.29) is 10.9 Å². The first-order valence-corrected chi connectivity index (χ1v) is 8.98. The van der Waals surface area contributed by atoms with Crippen LogP contribution in [0, 0.1) is 0 Å². The van der Waals surface area contributed by atoms with Gasteiger partial charge in [0.15, 0.2) is 0 Å². The Labute approximate surface area is 122 Å². The summed E-state index contributed by atoms with van der Waals surface area (Å²) in [7, 11) is -1.86. The fourth-order valence-corrected chi connectivity index (χ4v) is 4.62. The third-order valence-corrected chi connectivity index (χ3v) is 5.84. The van der Waals surface area contributed by atoms with Crippen molar-refractivity contribution in [3.63, 3.8) is 0 Å². The van der Waals surface area contributed by atoms with E-state index in [9.17, 15) is 8.42 Å². The Morgan fingerprint density at radius 1 is 1.53 bits per heavy atom. The second kappa shape index (κ2) is 6.30. The minimum Gasteiger partial charge on any atom is -0.372 e. The first kappa shape index (κ1) is 14.9. The second-order valence-corrected chi connectivity index (χ2v) is 7.56. The van der Waals surface area contributed by atoms with Crippen molar-refractivity contribution in [3.8, 4) is 0 Å². The molecular formula is C11H16ClN3O2S2. The van der Waals surface area contributed by atoms with Crippen molar-refractivity contribution in [1.29, 1.82) is 0 Å². The average Bonchev–Trinajstić information content (AvgIpc) is 2.39. The maximum atomic E-state index is 12.2. The van der Waals surface area contributed by atoms with Gasteiger partial charge in [-0.15, -0.1) is 0 Å². The monoisotopic (exact) mass is 321 g/mol. The van der Waals surface area contributed by atoms with Gasteiger partial charge in [-0.1, -0.05) is 11.6 Å². The van der Waals surface area contributed by atoms with Crippen LogP contribution in [-0.2, 0) is 10.0 Å². The lowest BCUT2D eigenvalue weighted by Gasteiger charge is -2.22. The summed E-state index contributed by atoms with van der Waals surface area (Å²) in [4.78, 5) is 4.09. The molecule has 2 N–H and O–H groups in total. The van der Waals surface area contributed by atoms with Gasteiger partial charge in [0.2, 0.25) is 10.0 Å². The molecule has 0 radical (unpaired) electrons. The number of rotatable bonds is 4. The first-order valence-electron chi connectivity index (χ1n) is 5.96. The van der Waals surface area contributed by atoms with Crippen LogP contribution < -0.4 is 10.0 Å². The van der Waals surface area contributed by atoms with Gasteiger partial charge in [0.05, 0.1) is 5.02 Å². The Hall–Kier alpha value is -0.500. The normalized spacial score (nSPS) is 20.2. The topological polar surface area (TPSA) is 71.1 Å². The first-order chi connectivity index (χ1) is 9.03. The molecule has 1 saturated heterocycles. The molecule has 0 amide bonds. The van der Waals surface area contributed by atoms with Gasteiger partial charge in [-0.3, -0.25) is 0 Å². The average molecular weight is 322 g/mol. The quantitative estimate of drug-likeness (QED) is 0.887. The predicted octanol–water partition coefficient (Wildman–Crippen LogP) is 1.95. The zero-order valence-corrected chi connectivity index (χ0v) is 12.9. The van der Waals surface area contributed by atoms with E-state index in [4.69, 9.17) is 11.6 Å². The summed E-state index contributed by atoms with van der Waals surface area (Å²) in [6, 6.07) is 1.41. The summed E-state index contributed by atoms with van der Waals surface area (Å²) in [6.07, 6.45) is 3.23. The molecule has 106 valence electrons. The number of aromatic nitrogens is 1. The molecule has 0 saturated carbocycles. The molecule has 1 atom stereocenters. The lowest BCUT2D eigenvalue weighted by atomic mass is 10.2. The van der Waals surface area contributed by atoms with E-state index in [0.29, 0.717) is 10.8 Å². The highest BCUT2D eigenvalue weighted by atomic mass is 35.5. The number of sulfonamides is 1. The second-order valence-electron chi connectivity index (χ2n) is 4.29. The molecule has 1 fully saturated rings. The van der Waals surface area contributed by atoms with Gasteiger partial charge in [0, 0.05) is 25.0 Å². The molecule has 2 heterocycles. The number of hydrogen-bond donors (Lipinski definition) is 2. The molecule has 1 aliphatic rings. The number of nitrogens with zero attached hydrogens (tertiary/aromatic N) is 1. The van der Waals surface area contributed by atoms with Crippen molar-refractivity contribution in [2.24, 2.45) is 0 Å². The van der Waals surface area contributed by atoms with Crippen LogP contribution in [0.4, 0.5) is 5.82 Å². The highest BCUT2D eigenvalue weighted by Gasteiger charge is 2.23. The molecular weight excluding hydrogens is 306 g/mol. The predicted molar refractivity (Wildman–Crippen MR) is 79.5 cm³/mol. The van der Waals surface area contributed by atoms with E-state index in [2.05, 4.69) is 15.0 Å². The van der Waals surface area contributed by atoms with Crippen molar-refractivity contribution in [2.75, 3.05) is 23.9 Å². The molecule has 8 heteroatoms. The van der Waals surface area contributed by atoms with Gasteiger partial charge in [-0.2, -0.15) is 11.8 Å². The van der Waals surface area contributed by atoms with Gasteiger partial charge in [0.25, 0.3) is 0 Å². The third kappa shape index (κ3) is 3.75. The van der Waals surface area contributed by atoms with E-state index < -0.39 is 10.0 Å². The highest BCUT2D eigenvalue weighted by Crippen LogP contribution is 2.23. The fourth-order valence-electron chi connectivity index (χ4n) is 1.87. The van der Waals surface area contributed by atoms with Crippen LogP contribution >= 0.6 is 23.4 Å². The third-order valence-electron chi connectivity index (χ3n) is 2.85. The largest absolute Gasteiger partial charge is 0.372 e. The Balaban J connectivity index is 2.16. The van der Waals surface area contributed by atoms with Gasteiger partial charge in [-0.05, 0) is 24.7 Å². The molecule has 2 rings (SSSR count). The lowest BCUT2D eigenvalue weighted by molar-refractivity contribution is 0.543. The molecule has 1 aliphatic heterocycles. The van der Waals surface area contributed by atoms with Crippen molar-refractivity contribution in [1.82, 2.24) is 9.71 Å². The number of halogens is 1. The van der Waals surface area contributed by atoms with Crippen molar-refractivity contribution < 1.29 is 8.42 Å². The number of anilines is 1. The molecule has 1 aromatic heterocycles. The summed E-state index contributed by atoms with van der Waals surface area (Å²) in [5.74, 6) is 2.38. The number of nitrogens with one attached hydrogen (secondary N) is 2. The zero-order chi connectivity index (χ0) is 13.9. The maximum absolute atomic E-state index is 12.2. The van der Waals surface area contributed by atoms with Gasteiger partial charge in [-0.25, -0.2) is 18.1 Å². The van der Waals surface area contributed by atoms with E-state index >= 15 is 0 Å². The zero-order valence-electron chi connectivity index (χ0n) is 10.5. The summed E-state index contributed by atoms with van der Waals surface area (Å²) in [5, 5.41) is 3.09. The standard InChI is InChI=1S/C11H16ClN3O2S2/c1-13-11-10(12)5-9(6-14-11)19(16,17)15-8-3-2-4-18-7-8/h5-6,8,15H,2-4,7H2,1H3,(H,13,14). The number of pyridine rings is 1. The Kier molecular flexibility index (Phi) is 4.94. The van der Waals surface area contributed by atoms with Crippen LogP contribution in [0.3, 0.4) is 0 Å². The summed E-state index contributed by atoms with van der Waals surface area (Å²) < 4.78 is 27.1. The lowest BCUT2D eigenvalue weighted by Crippen LogP contribution is -2.38. The fraction of sp³-hybridized carbons (Fsp3) is 0.545. The van der Waals surface area contributed by atoms with Crippen LogP contribution in [-0.4, -0.2) is 38.0 Å². The van der Waals surface area contributed by atoms with Crippen LogP contribution in [0.2, 0.25) is 5.02 Å². The van der Waals surface area contributed by atoms with Crippen LogP contribution in [0.1, 0.15) is 12.8 Å². The molecule has 0 bridgehead atoms. The Morgan fingerprint density at radius 3 is 2.89 bits per heavy atom. The van der Waals surface area contributed by atoms with Crippen LogP contribution in [0.5, 0.6) is 0 Å². The van der Waals surface area contributed by atoms with E-state index in [1.54, 1.807) is 18.8 Å². The smallest absolute Gasteiger partial charge is 0.242 e. The minimum absolute atomic E-state index is 0.00787. The number of thioether (sulfide) groups is 1. The van der Waals surface area contributed by atoms with Crippen molar-refractivity contribution in [2.45, 2.75) is 23.8 Å². The summed E-state index contributed by atoms with van der Waals surface area (Å²) in [6.45, 7) is 0. The SMILES string of the molecule is CNc1ncc(S(=O)(=O)NC2CCCSC2)cc1Cl. The van der Waals surface area contributed by atoms with Crippen LogP contribution in [0.15, 0.2) is 17.2 Å². The Morgan fingerprint density at radius 2 is 2.32 bits per heavy atom. The highest BCUT2D eigenvalue weighted by molar-refractivity contribution is 7.99. The maximum Gasteiger partial charge on any atom is 0.242 e.